The molecule has 0 radical (unpaired) electrons. The molecule has 8 heteroatoms. The minimum absolute atomic E-state index is 0.101. The van der Waals surface area contributed by atoms with Crippen molar-refractivity contribution < 1.29 is 22.3 Å². The summed E-state index contributed by atoms with van der Waals surface area (Å²) in [7, 11) is -3.95. The van der Waals surface area contributed by atoms with Crippen LogP contribution in [-0.4, -0.2) is 27.0 Å². The molecule has 1 atom stereocenters. The quantitative estimate of drug-likeness (QED) is 0.481. The molecular weight excluding hydrogens is 407 g/mol. The number of hydrogen-bond donors (Lipinski definition) is 2. The average molecular weight is 437 g/mol. The van der Waals surface area contributed by atoms with Crippen molar-refractivity contribution in [1.29, 1.82) is 0 Å². The fourth-order valence-corrected chi connectivity index (χ4v) is 4.05. The Morgan fingerprint density at radius 1 is 1.00 bits per heavy atom. The van der Waals surface area contributed by atoms with E-state index in [1.807, 2.05) is 0 Å². The molecule has 30 heavy (non-hydrogen) atoms. The third-order valence-corrected chi connectivity index (χ3v) is 6.02. The van der Waals surface area contributed by atoms with E-state index >= 15 is 0 Å². The molecule has 0 aliphatic rings. The van der Waals surface area contributed by atoms with Crippen LogP contribution in [0.1, 0.15) is 46.0 Å². The summed E-state index contributed by atoms with van der Waals surface area (Å²) in [4.78, 5) is 12.4. The fourth-order valence-electron chi connectivity index (χ4n) is 2.77. The van der Waals surface area contributed by atoms with Gasteiger partial charge in [-0.1, -0.05) is 33.1 Å². The molecular formula is C22H29FN2O4S. The van der Waals surface area contributed by atoms with Crippen LogP contribution in [0.5, 0.6) is 5.75 Å². The molecule has 0 aliphatic carbocycles. The van der Waals surface area contributed by atoms with Crippen molar-refractivity contribution in [2.24, 2.45) is 0 Å². The van der Waals surface area contributed by atoms with Gasteiger partial charge < -0.3 is 10.1 Å². The van der Waals surface area contributed by atoms with E-state index in [1.165, 1.54) is 12.8 Å². The third-order valence-electron chi connectivity index (χ3n) is 4.53. The van der Waals surface area contributed by atoms with Gasteiger partial charge >= 0.3 is 0 Å². The summed E-state index contributed by atoms with van der Waals surface area (Å²) in [5.41, 5.74) is 0.540. The van der Waals surface area contributed by atoms with Gasteiger partial charge in [-0.15, -0.1) is 0 Å². The van der Waals surface area contributed by atoms with Crippen LogP contribution in [0.15, 0.2) is 53.4 Å². The lowest BCUT2D eigenvalue weighted by Gasteiger charge is -2.17. The van der Waals surface area contributed by atoms with Crippen molar-refractivity contribution >= 4 is 21.6 Å². The molecule has 164 valence electrons. The summed E-state index contributed by atoms with van der Waals surface area (Å²) < 4.78 is 46.0. The number of amides is 1. The molecule has 0 aromatic heterocycles. The summed E-state index contributed by atoms with van der Waals surface area (Å²) in [6.07, 6.45) is 4.76. The highest BCUT2D eigenvalue weighted by molar-refractivity contribution is 7.89. The minimum atomic E-state index is -3.95. The van der Waals surface area contributed by atoms with Crippen LogP contribution < -0.4 is 14.8 Å². The molecule has 0 spiro atoms. The second-order valence-electron chi connectivity index (χ2n) is 6.96. The number of anilines is 1. The van der Waals surface area contributed by atoms with Crippen molar-refractivity contribution in [3.63, 3.8) is 0 Å². The highest BCUT2D eigenvalue weighted by atomic mass is 32.2. The van der Waals surface area contributed by atoms with Gasteiger partial charge in [-0.05, 0) is 61.4 Å². The molecule has 0 bridgehead atoms. The predicted molar refractivity (Wildman–Crippen MR) is 116 cm³/mol. The van der Waals surface area contributed by atoms with Crippen molar-refractivity contribution in [2.45, 2.75) is 56.9 Å². The first kappa shape index (κ1) is 23.8. The van der Waals surface area contributed by atoms with E-state index in [9.17, 15) is 17.6 Å². The zero-order valence-electron chi connectivity index (χ0n) is 17.4. The van der Waals surface area contributed by atoms with Gasteiger partial charge in [-0.3, -0.25) is 4.79 Å². The van der Waals surface area contributed by atoms with Crippen LogP contribution in [0.25, 0.3) is 0 Å². The highest BCUT2D eigenvalue weighted by Crippen LogP contribution is 2.17. The summed E-state index contributed by atoms with van der Waals surface area (Å²) in [5.74, 6) is -0.294. The van der Waals surface area contributed by atoms with Crippen molar-refractivity contribution in [3.8, 4) is 5.75 Å². The normalized spacial score (nSPS) is 12.4. The Labute approximate surface area is 177 Å². The van der Waals surface area contributed by atoms with E-state index in [2.05, 4.69) is 17.0 Å². The van der Waals surface area contributed by atoms with E-state index < -0.39 is 27.8 Å². The molecule has 0 fully saturated rings. The second-order valence-corrected chi connectivity index (χ2v) is 8.67. The first-order valence-electron chi connectivity index (χ1n) is 10.2. The van der Waals surface area contributed by atoms with Crippen LogP contribution in [0.4, 0.5) is 10.1 Å². The van der Waals surface area contributed by atoms with Gasteiger partial charge in [0.15, 0.2) is 0 Å². The van der Waals surface area contributed by atoms with E-state index in [-0.39, 0.29) is 11.3 Å². The topological polar surface area (TPSA) is 84.5 Å². The number of carbonyl (C=O) groups is 1. The van der Waals surface area contributed by atoms with E-state index in [0.717, 1.165) is 37.1 Å². The van der Waals surface area contributed by atoms with Gasteiger partial charge in [-0.25, -0.2) is 12.8 Å². The predicted octanol–water partition coefficient (Wildman–Crippen LogP) is 4.48. The van der Waals surface area contributed by atoms with Crippen LogP contribution >= 0.6 is 0 Å². The Balaban J connectivity index is 1.92. The van der Waals surface area contributed by atoms with Crippen LogP contribution in [-0.2, 0) is 14.8 Å². The number of halogens is 1. The van der Waals surface area contributed by atoms with Crippen molar-refractivity contribution in [3.05, 3.63) is 54.3 Å². The maximum absolute atomic E-state index is 13.0. The number of benzene rings is 2. The number of carbonyl (C=O) groups excluding carboxylic acids is 1. The second kappa shape index (κ2) is 11.7. The Hall–Kier alpha value is -2.45. The van der Waals surface area contributed by atoms with Gasteiger partial charge in [0.25, 0.3) is 0 Å². The molecule has 2 N–H and O–H groups in total. The number of ether oxygens (including phenoxy) is 1. The Bertz CT molecular complexity index is 900. The highest BCUT2D eigenvalue weighted by Gasteiger charge is 2.24. The van der Waals surface area contributed by atoms with Gasteiger partial charge in [0.2, 0.25) is 15.9 Å². The SMILES string of the molecule is CCCCCCOc1ccc(NC(=O)C(CC)NS(=O)(=O)c2ccc(F)cc2)cc1. The molecule has 0 saturated heterocycles. The number of nitrogens with one attached hydrogen (secondary N) is 2. The standard InChI is InChI=1S/C22H29FN2O4S/c1-3-5-6-7-16-29-19-12-10-18(11-13-19)24-22(26)21(4-2)25-30(27,28)20-14-8-17(23)9-15-20/h8-15,21,25H,3-7,16H2,1-2H3,(H,24,26). The number of rotatable bonds is 12. The Morgan fingerprint density at radius 2 is 1.67 bits per heavy atom. The summed E-state index contributed by atoms with van der Waals surface area (Å²) in [6.45, 7) is 4.51. The van der Waals surface area contributed by atoms with Crippen LogP contribution in [0.2, 0.25) is 0 Å². The van der Waals surface area contributed by atoms with Gasteiger partial charge in [0.05, 0.1) is 11.5 Å². The lowest BCUT2D eigenvalue weighted by molar-refractivity contribution is -0.117. The molecule has 0 aliphatic heterocycles. The first-order valence-corrected chi connectivity index (χ1v) is 11.7. The lowest BCUT2D eigenvalue weighted by atomic mass is 10.2. The maximum Gasteiger partial charge on any atom is 0.242 e. The van der Waals surface area contributed by atoms with Crippen LogP contribution in [0, 0.1) is 5.82 Å². The summed E-state index contributed by atoms with van der Waals surface area (Å²) in [6, 6.07) is 10.4. The smallest absolute Gasteiger partial charge is 0.242 e. The molecule has 6 nitrogen and oxygen atoms in total. The van der Waals surface area contributed by atoms with Crippen LogP contribution in [0.3, 0.4) is 0 Å². The Morgan fingerprint density at radius 3 is 2.27 bits per heavy atom. The summed E-state index contributed by atoms with van der Waals surface area (Å²) in [5, 5.41) is 2.71. The number of sulfonamides is 1. The van der Waals surface area contributed by atoms with Gasteiger partial charge in [-0.2, -0.15) is 4.72 Å². The fraction of sp³-hybridized carbons (Fsp3) is 0.409. The van der Waals surface area contributed by atoms with E-state index in [0.29, 0.717) is 18.0 Å². The van der Waals surface area contributed by atoms with Gasteiger partial charge in [0.1, 0.15) is 17.6 Å². The zero-order valence-corrected chi connectivity index (χ0v) is 18.2. The van der Waals surface area contributed by atoms with Gasteiger partial charge in [0, 0.05) is 5.69 Å². The lowest BCUT2D eigenvalue weighted by Crippen LogP contribution is -2.43. The zero-order chi connectivity index (χ0) is 22.0. The third kappa shape index (κ3) is 7.42. The molecule has 2 aromatic rings. The maximum atomic E-state index is 13.0. The Kier molecular flexibility index (Phi) is 9.26. The van der Waals surface area contributed by atoms with Crippen molar-refractivity contribution in [2.75, 3.05) is 11.9 Å². The first-order chi connectivity index (χ1) is 14.4. The monoisotopic (exact) mass is 436 g/mol. The number of unbranched alkanes of at least 4 members (excludes halogenated alkanes) is 3. The largest absolute Gasteiger partial charge is 0.494 e. The number of hydrogen-bond acceptors (Lipinski definition) is 4. The van der Waals surface area contributed by atoms with E-state index in [1.54, 1.807) is 31.2 Å². The molecule has 1 amide bonds. The average Bonchev–Trinajstić information content (AvgIpc) is 2.73. The molecule has 0 saturated carbocycles. The van der Waals surface area contributed by atoms with Crippen molar-refractivity contribution in [1.82, 2.24) is 4.72 Å². The molecule has 0 heterocycles. The minimum Gasteiger partial charge on any atom is -0.494 e. The van der Waals surface area contributed by atoms with E-state index in [4.69, 9.17) is 4.74 Å². The molecule has 2 aromatic carbocycles. The molecule has 2 rings (SSSR count). The summed E-state index contributed by atoms with van der Waals surface area (Å²) >= 11 is 0. The molecule has 1 unspecified atom stereocenters.